The fraction of sp³-hybridized carbons (Fsp3) is 0.400. The van der Waals surface area contributed by atoms with E-state index in [2.05, 4.69) is 5.92 Å². The molecule has 1 radical (unpaired) electrons. The average Bonchev–Trinajstić information content (AvgIpc) is 2.49. The lowest BCUT2D eigenvalue weighted by Gasteiger charge is -2.36. The molecule has 0 aromatic heterocycles. The molecule has 1 fully saturated rings. The molecule has 101 valence electrons. The van der Waals surface area contributed by atoms with E-state index in [1.165, 1.54) is 0 Å². The highest BCUT2D eigenvalue weighted by molar-refractivity contribution is 5.38. The lowest BCUT2D eigenvalue weighted by molar-refractivity contribution is -0.974. The number of rotatable bonds is 1. The van der Waals surface area contributed by atoms with Crippen molar-refractivity contribution in [3.63, 3.8) is 0 Å². The highest BCUT2D eigenvalue weighted by atomic mass is 16.6. The summed E-state index contributed by atoms with van der Waals surface area (Å²) in [5.74, 6) is 2.53. The lowest BCUT2D eigenvalue weighted by atomic mass is 9.84. The van der Waals surface area contributed by atoms with Crippen LogP contribution in [-0.4, -0.2) is 11.1 Å². The second-order valence-corrected chi connectivity index (χ2v) is 6.01. The molecule has 0 saturated carbocycles. The molecule has 4 nitrogen and oxygen atoms in total. The summed E-state index contributed by atoms with van der Waals surface area (Å²) in [6, 6.07) is 7.05. The van der Waals surface area contributed by atoms with Gasteiger partial charge in [-0.25, -0.2) is 0 Å². The Labute approximate surface area is 114 Å². The molecule has 1 saturated heterocycles. The second kappa shape index (κ2) is 4.32. The maximum absolute atomic E-state index is 12.5. The number of quaternary nitrogens is 2. The molecule has 1 heterocycles. The van der Waals surface area contributed by atoms with Crippen molar-refractivity contribution in [2.75, 3.05) is 0 Å². The maximum atomic E-state index is 12.5. The maximum Gasteiger partial charge on any atom is 0.365 e. The van der Waals surface area contributed by atoms with Gasteiger partial charge in [0.2, 0.25) is 0 Å². The molecule has 2 rings (SSSR count). The summed E-state index contributed by atoms with van der Waals surface area (Å²) in [5, 5.41) is 24.9. The van der Waals surface area contributed by atoms with Crippen LogP contribution < -0.4 is 10.1 Å². The van der Waals surface area contributed by atoms with E-state index in [9.17, 15) is 10.4 Å². The summed E-state index contributed by atoms with van der Waals surface area (Å²) < 4.78 is 0. The van der Waals surface area contributed by atoms with E-state index in [-0.39, 0.29) is 16.3 Å². The number of hydrogen-bond acceptors (Lipinski definition) is 2. The van der Waals surface area contributed by atoms with Gasteiger partial charge in [0.1, 0.15) is 0 Å². The molecule has 0 amide bonds. The third-order valence-electron chi connectivity index (χ3n) is 4.47. The van der Waals surface area contributed by atoms with Crippen molar-refractivity contribution in [1.29, 1.82) is 0 Å². The number of hydrogen-bond donors (Lipinski definition) is 2. The molecule has 1 aromatic rings. The minimum atomic E-state index is -0.689. The van der Waals surface area contributed by atoms with E-state index in [4.69, 9.17) is 6.42 Å². The molecule has 2 unspecified atom stereocenters. The van der Waals surface area contributed by atoms with Crippen molar-refractivity contribution in [2.24, 2.45) is 0 Å². The van der Waals surface area contributed by atoms with Gasteiger partial charge in [0.05, 0.1) is 5.56 Å². The molecule has 1 aliphatic rings. The second-order valence-electron chi connectivity index (χ2n) is 6.01. The van der Waals surface area contributed by atoms with Gasteiger partial charge < -0.3 is 10.4 Å². The highest BCUT2D eigenvalue weighted by Gasteiger charge is 2.62. The topological polar surface area (TPSA) is 55.0 Å². The van der Waals surface area contributed by atoms with E-state index in [0.29, 0.717) is 11.1 Å². The van der Waals surface area contributed by atoms with Crippen LogP contribution >= 0.6 is 0 Å². The Morgan fingerprint density at radius 2 is 1.58 bits per heavy atom. The van der Waals surface area contributed by atoms with Crippen molar-refractivity contribution in [1.82, 2.24) is 0 Å². The molecule has 4 heteroatoms. The number of benzene rings is 1. The van der Waals surface area contributed by atoms with Gasteiger partial charge >= 0.3 is 6.17 Å². The van der Waals surface area contributed by atoms with E-state index < -0.39 is 11.1 Å². The Hall–Kier alpha value is -1.38. The van der Waals surface area contributed by atoms with Gasteiger partial charge in [-0.3, -0.25) is 10.1 Å². The Bertz CT molecular complexity index is 511. The number of hydroxylamine groups is 4. The van der Waals surface area contributed by atoms with Gasteiger partial charge in [-0.15, -0.1) is 6.42 Å². The summed E-state index contributed by atoms with van der Waals surface area (Å²) in [6.45, 7) is 7.30. The highest BCUT2D eigenvalue weighted by Crippen LogP contribution is 2.23. The Morgan fingerprint density at radius 1 is 1.05 bits per heavy atom. The van der Waals surface area contributed by atoms with Crippen LogP contribution in [-0.2, 0) is 0 Å². The van der Waals surface area contributed by atoms with E-state index >= 15 is 0 Å². The average molecular weight is 259 g/mol. The largest absolute Gasteiger partial charge is 0.629 e. The molecule has 0 spiro atoms. The molecule has 1 aliphatic heterocycles. The lowest BCUT2D eigenvalue weighted by Crippen LogP contribution is -3.22. The molecule has 2 atom stereocenters. The van der Waals surface area contributed by atoms with Gasteiger partial charge in [-0.1, -0.05) is 12.0 Å². The van der Waals surface area contributed by atoms with E-state index in [1.54, 1.807) is 24.3 Å². The molecule has 2 N–H and O–H groups in total. The first-order chi connectivity index (χ1) is 8.73. The minimum absolute atomic E-state index is 0.100. The van der Waals surface area contributed by atoms with Gasteiger partial charge in [0.15, 0.2) is 11.1 Å². The summed E-state index contributed by atoms with van der Waals surface area (Å²) in [5.41, 5.74) is -0.0749. The molecule has 0 bridgehead atoms. The molecule has 19 heavy (non-hydrogen) atoms. The number of terminal acetylenes is 1. The Morgan fingerprint density at radius 3 is 2.05 bits per heavy atom. The third kappa shape index (κ3) is 1.87. The van der Waals surface area contributed by atoms with Gasteiger partial charge in [0, 0.05) is 5.56 Å². The smallest absolute Gasteiger partial charge is 0.365 e. The molecular weight excluding hydrogens is 240 g/mol. The first-order valence-electron chi connectivity index (χ1n) is 6.27. The molecule has 1 aromatic carbocycles. The Kier molecular flexibility index (Phi) is 3.20. The van der Waals surface area contributed by atoms with Crippen molar-refractivity contribution < 1.29 is 10.1 Å². The van der Waals surface area contributed by atoms with Crippen LogP contribution in [0.3, 0.4) is 0 Å². The Balaban J connectivity index is 2.49. The minimum Gasteiger partial charge on any atom is -0.629 e. The zero-order chi connectivity index (χ0) is 14.4. The monoisotopic (exact) mass is 259 g/mol. The van der Waals surface area contributed by atoms with Crippen molar-refractivity contribution in [3.8, 4) is 12.3 Å². The van der Waals surface area contributed by atoms with Gasteiger partial charge in [-0.2, -0.15) is 0 Å². The zero-order valence-electron chi connectivity index (χ0n) is 11.7. The summed E-state index contributed by atoms with van der Waals surface area (Å²) >= 11 is 0. The van der Waals surface area contributed by atoms with Crippen LogP contribution in [0.25, 0.3) is 0 Å². The predicted molar refractivity (Wildman–Crippen MR) is 73.5 cm³/mol. The molecule has 0 aliphatic carbocycles. The van der Waals surface area contributed by atoms with Crippen LogP contribution in [0.2, 0.25) is 0 Å². The summed E-state index contributed by atoms with van der Waals surface area (Å²) in [4.78, 5) is 0. The van der Waals surface area contributed by atoms with Crippen molar-refractivity contribution in [3.05, 3.63) is 52.0 Å². The normalized spacial score (nSPS) is 29.1. The fourth-order valence-corrected chi connectivity index (χ4v) is 2.32. The van der Waals surface area contributed by atoms with Gasteiger partial charge in [0.25, 0.3) is 0 Å². The molecular formula is C15H19N2O2. The van der Waals surface area contributed by atoms with Crippen LogP contribution in [0.4, 0.5) is 0 Å². The van der Waals surface area contributed by atoms with Gasteiger partial charge in [-0.05, 0) is 45.9 Å². The van der Waals surface area contributed by atoms with Crippen molar-refractivity contribution >= 4 is 0 Å². The predicted octanol–water partition coefficient (Wildman–Crippen LogP) is -0.158. The quantitative estimate of drug-likeness (QED) is 0.544. The standard InChI is InChI=1S/C15H19N2O2/c1-6-11-8-7-9-12(10-11)13-16(18)14(2,3)15(4,5)17(13)19/h1,7-10,16-17H,2-5H3. The fourth-order valence-electron chi connectivity index (χ4n) is 2.32. The van der Waals surface area contributed by atoms with E-state index in [1.807, 2.05) is 27.7 Å². The van der Waals surface area contributed by atoms with Crippen LogP contribution in [0.15, 0.2) is 24.3 Å². The summed E-state index contributed by atoms with van der Waals surface area (Å²) in [7, 11) is 0. The van der Waals surface area contributed by atoms with E-state index in [0.717, 1.165) is 0 Å². The van der Waals surface area contributed by atoms with Crippen molar-refractivity contribution in [2.45, 2.75) is 38.8 Å². The zero-order valence-corrected chi connectivity index (χ0v) is 11.7. The summed E-state index contributed by atoms with van der Waals surface area (Å²) in [6.07, 6.45) is 5.65. The number of nitrogens with one attached hydrogen (secondary N) is 2. The SMILES string of the molecule is C#Cc1cccc([C]2[NH+]([O-])C(C)(C)C(C)(C)[NH+]2[O-])c1. The van der Waals surface area contributed by atoms with Crippen LogP contribution in [0.5, 0.6) is 0 Å². The first-order valence-corrected chi connectivity index (χ1v) is 6.27. The van der Waals surface area contributed by atoms with Crippen LogP contribution in [0.1, 0.15) is 38.8 Å². The third-order valence-corrected chi connectivity index (χ3v) is 4.47. The van der Waals surface area contributed by atoms with Crippen LogP contribution in [0, 0.1) is 28.9 Å². The first kappa shape index (κ1) is 14.0.